The van der Waals surface area contributed by atoms with Crippen molar-refractivity contribution in [2.24, 2.45) is 41.2 Å². The molecule has 0 heterocycles. The zero-order valence-electron chi connectivity index (χ0n) is 37.6. The molecule has 5 unspecified atom stereocenters. The van der Waals surface area contributed by atoms with Gasteiger partial charge in [0, 0.05) is 18.7 Å². The van der Waals surface area contributed by atoms with E-state index in [4.69, 9.17) is 20.3 Å². The lowest BCUT2D eigenvalue weighted by atomic mass is 9.91. The molecule has 56 heavy (non-hydrogen) atoms. The third-order valence-corrected chi connectivity index (χ3v) is 10.7. The second kappa shape index (κ2) is 35.4. The minimum absolute atomic E-state index is 0.0972. The van der Waals surface area contributed by atoms with Gasteiger partial charge in [-0.25, -0.2) is 14.2 Å². The third-order valence-electron chi connectivity index (χ3n) is 10.3. The molecule has 0 bridgehead atoms. The van der Waals surface area contributed by atoms with E-state index in [9.17, 15) is 23.9 Å². The molecule has 0 rings (SSSR count). The first kappa shape index (κ1) is 56.5. The number of hydrogen-bond acceptors (Lipinski definition) is 8. The summed E-state index contributed by atoms with van der Waals surface area (Å²) >= 11 is 0. The monoisotopic (exact) mass is 818 g/mol. The quantitative estimate of drug-likeness (QED) is 0.0284. The Morgan fingerprint density at radius 2 is 0.929 bits per heavy atom. The van der Waals surface area contributed by atoms with Crippen molar-refractivity contribution in [3.05, 3.63) is 23.3 Å². The Balaban J connectivity index is 0. The summed E-state index contributed by atoms with van der Waals surface area (Å²) in [5.41, 5.74) is 6.54. The standard InChI is InChI=1S/C43H81O8P.C2H7NO/c1-33(2)17-11-19-35(5)21-13-23-37(7)25-15-27-39(9)29-42(44)49-31-41(32-50-52(46,47)48)51-43(45)30-40(10)28-16-26-38(8)24-14-22-36(6)20-12-18-34(3)4;3-1-2-4/h29-30,33-38,41H,11-28,31-32H2,1-10H3,(H2,46,47,48);4H,1-3H2/b39-29+,40-30+;. The Bertz CT molecular complexity index is 1090. The van der Waals surface area contributed by atoms with Gasteiger partial charge < -0.3 is 30.1 Å². The number of aliphatic hydroxyl groups is 1. The van der Waals surface area contributed by atoms with Crippen LogP contribution in [0.2, 0.25) is 0 Å². The fourth-order valence-electron chi connectivity index (χ4n) is 6.67. The minimum Gasteiger partial charge on any atom is -0.458 e. The zero-order chi connectivity index (χ0) is 42.9. The van der Waals surface area contributed by atoms with Gasteiger partial charge in [-0.2, -0.15) is 0 Å². The smallest absolute Gasteiger partial charge is 0.458 e. The van der Waals surface area contributed by atoms with E-state index in [-0.39, 0.29) is 13.2 Å². The molecule has 0 aliphatic carbocycles. The summed E-state index contributed by atoms with van der Waals surface area (Å²) in [7, 11) is -4.81. The van der Waals surface area contributed by atoms with E-state index in [1.165, 1.54) is 89.2 Å². The Hall–Kier alpha value is -1.55. The van der Waals surface area contributed by atoms with Crippen LogP contribution in [0.4, 0.5) is 0 Å². The molecule has 0 saturated heterocycles. The van der Waals surface area contributed by atoms with Crippen molar-refractivity contribution in [2.75, 3.05) is 26.4 Å². The molecule has 0 saturated carbocycles. The van der Waals surface area contributed by atoms with Crippen molar-refractivity contribution in [2.45, 2.75) is 191 Å². The van der Waals surface area contributed by atoms with Gasteiger partial charge in [-0.3, -0.25) is 4.52 Å². The van der Waals surface area contributed by atoms with Gasteiger partial charge in [-0.05, 0) is 75.0 Å². The van der Waals surface area contributed by atoms with Crippen LogP contribution >= 0.6 is 7.82 Å². The number of nitrogens with two attached hydrogens (primary N) is 1. The summed E-state index contributed by atoms with van der Waals surface area (Å²) in [6.07, 6.45) is 22.8. The number of carbonyl (C=O) groups is 2. The lowest BCUT2D eigenvalue weighted by Crippen LogP contribution is -2.28. The van der Waals surface area contributed by atoms with Crippen molar-refractivity contribution in [1.82, 2.24) is 0 Å². The Morgan fingerprint density at radius 3 is 1.27 bits per heavy atom. The van der Waals surface area contributed by atoms with Gasteiger partial charge in [0.2, 0.25) is 0 Å². The molecule has 5 atom stereocenters. The Morgan fingerprint density at radius 1 is 0.589 bits per heavy atom. The van der Waals surface area contributed by atoms with Crippen LogP contribution in [0.1, 0.15) is 185 Å². The number of esters is 2. The Labute approximate surface area is 343 Å². The molecule has 332 valence electrons. The van der Waals surface area contributed by atoms with Gasteiger partial charge in [0.05, 0.1) is 13.2 Å². The van der Waals surface area contributed by atoms with E-state index in [1.807, 2.05) is 13.8 Å². The molecule has 0 aromatic rings. The average Bonchev–Trinajstić information content (AvgIpc) is 3.08. The summed E-state index contributed by atoms with van der Waals surface area (Å²) in [5, 5.41) is 7.75. The summed E-state index contributed by atoms with van der Waals surface area (Å²) in [6, 6.07) is 0. The van der Waals surface area contributed by atoms with Gasteiger partial charge in [-0.15, -0.1) is 0 Å². The SMILES string of the molecule is C/C(=C\C(=O)OCC(COP(=O)(O)O)OC(=O)/C=C(\C)CCCC(C)CCCC(C)CCCC(C)C)CCCC(C)CCCC(C)CCCC(C)C.NCCO. The van der Waals surface area contributed by atoms with Crippen LogP contribution in [0.15, 0.2) is 23.3 Å². The number of carbonyl (C=O) groups excluding carboxylic acids is 2. The van der Waals surface area contributed by atoms with Crippen molar-refractivity contribution in [3.63, 3.8) is 0 Å². The lowest BCUT2D eigenvalue weighted by Gasteiger charge is -2.17. The fraction of sp³-hybridized carbons (Fsp3) is 0.867. The van der Waals surface area contributed by atoms with Crippen LogP contribution in [0, 0.1) is 35.5 Å². The first-order valence-electron chi connectivity index (χ1n) is 22.0. The lowest BCUT2D eigenvalue weighted by molar-refractivity contribution is -0.154. The van der Waals surface area contributed by atoms with Gasteiger partial charge >= 0.3 is 19.8 Å². The van der Waals surface area contributed by atoms with Crippen molar-refractivity contribution in [3.8, 4) is 0 Å². The van der Waals surface area contributed by atoms with E-state index in [0.29, 0.717) is 18.4 Å². The number of ether oxygens (including phenoxy) is 2. The predicted octanol–water partition coefficient (Wildman–Crippen LogP) is 11.3. The van der Waals surface area contributed by atoms with E-state index < -0.39 is 32.5 Å². The van der Waals surface area contributed by atoms with Gasteiger partial charge in [0.1, 0.15) is 6.61 Å². The number of phosphoric ester groups is 1. The van der Waals surface area contributed by atoms with Crippen LogP contribution in [0.25, 0.3) is 0 Å². The molecular formula is C45H88NO9P. The highest BCUT2D eigenvalue weighted by atomic mass is 31.2. The van der Waals surface area contributed by atoms with Gasteiger partial charge in [0.15, 0.2) is 6.10 Å². The van der Waals surface area contributed by atoms with Gasteiger partial charge in [-0.1, -0.05) is 156 Å². The summed E-state index contributed by atoms with van der Waals surface area (Å²) in [5.74, 6) is 3.15. The second-order valence-electron chi connectivity index (χ2n) is 17.7. The molecule has 0 aromatic carbocycles. The highest BCUT2D eigenvalue weighted by Crippen LogP contribution is 2.36. The van der Waals surface area contributed by atoms with Gasteiger partial charge in [0.25, 0.3) is 0 Å². The zero-order valence-corrected chi connectivity index (χ0v) is 38.5. The Kier molecular flexibility index (Phi) is 35.7. The molecule has 0 aliphatic heterocycles. The molecule has 0 amide bonds. The summed E-state index contributed by atoms with van der Waals surface area (Å²) < 4.78 is 26.6. The van der Waals surface area contributed by atoms with Crippen LogP contribution in [0.3, 0.4) is 0 Å². The molecule has 0 spiro atoms. The first-order chi connectivity index (χ1) is 26.3. The number of phosphoric acid groups is 1. The fourth-order valence-corrected chi connectivity index (χ4v) is 7.03. The second-order valence-corrected chi connectivity index (χ2v) is 18.9. The van der Waals surface area contributed by atoms with E-state index >= 15 is 0 Å². The molecule has 5 N–H and O–H groups in total. The highest BCUT2D eigenvalue weighted by Gasteiger charge is 2.22. The largest absolute Gasteiger partial charge is 0.469 e. The molecular weight excluding hydrogens is 729 g/mol. The summed E-state index contributed by atoms with van der Waals surface area (Å²) in [4.78, 5) is 43.5. The van der Waals surface area contributed by atoms with Crippen LogP contribution in [0.5, 0.6) is 0 Å². The highest BCUT2D eigenvalue weighted by molar-refractivity contribution is 7.46. The van der Waals surface area contributed by atoms with Crippen LogP contribution < -0.4 is 5.73 Å². The number of rotatable bonds is 33. The molecule has 0 fully saturated rings. The normalized spacial score (nSPS) is 15.2. The molecule has 0 radical (unpaired) electrons. The van der Waals surface area contributed by atoms with Crippen LogP contribution in [-0.4, -0.2) is 59.3 Å². The number of hydrogen-bond donors (Lipinski definition) is 4. The molecule has 0 aromatic heterocycles. The van der Waals surface area contributed by atoms with Crippen molar-refractivity contribution < 1.29 is 43.0 Å². The maximum atomic E-state index is 12.7. The molecule has 11 heteroatoms. The number of aliphatic hydroxyl groups excluding tert-OH is 1. The third kappa shape index (κ3) is 40.6. The van der Waals surface area contributed by atoms with Crippen molar-refractivity contribution >= 4 is 19.8 Å². The van der Waals surface area contributed by atoms with E-state index in [1.54, 1.807) is 0 Å². The predicted molar refractivity (Wildman–Crippen MR) is 232 cm³/mol. The maximum Gasteiger partial charge on any atom is 0.469 e. The van der Waals surface area contributed by atoms with Crippen molar-refractivity contribution in [1.29, 1.82) is 0 Å². The minimum atomic E-state index is -4.81. The molecule has 0 aliphatic rings. The first-order valence-corrected chi connectivity index (χ1v) is 23.5. The number of allylic oxidation sites excluding steroid dienone is 2. The average molecular weight is 818 g/mol. The van der Waals surface area contributed by atoms with Crippen LogP contribution in [-0.2, 0) is 28.2 Å². The maximum absolute atomic E-state index is 12.7. The van der Waals surface area contributed by atoms with E-state index in [2.05, 4.69) is 59.9 Å². The summed E-state index contributed by atoms with van der Waals surface area (Å²) in [6.45, 7) is 21.7. The topological polar surface area (TPSA) is 166 Å². The molecule has 10 nitrogen and oxygen atoms in total. The van der Waals surface area contributed by atoms with E-state index in [0.717, 1.165) is 73.3 Å².